The minimum absolute atomic E-state index is 0.0532. The molecular formula is C34H51N7O9. The van der Waals surface area contributed by atoms with Crippen molar-refractivity contribution >= 4 is 41.4 Å². The molecule has 0 spiro atoms. The molecule has 0 aromatic heterocycles. The van der Waals surface area contributed by atoms with E-state index in [0.29, 0.717) is 37.8 Å². The van der Waals surface area contributed by atoms with E-state index in [1.807, 2.05) is 0 Å². The van der Waals surface area contributed by atoms with Crippen molar-refractivity contribution in [1.82, 2.24) is 31.5 Å². The molecule has 2 saturated heterocycles. The van der Waals surface area contributed by atoms with Crippen molar-refractivity contribution < 1.29 is 43.8 Å². The number of fused-ring (bicyclic) bond motifs is 1. The van der Waals surface area contributed by atoms with Crippen molar-refractivity contribution in [3.8, 4) is 0 Å². The number of carboxylic acids is 1. The first-order chi connectivity index (χ1) is 23.7. The number of amides is 6. The number of aliphatic hydroxyl groups excluding tert-OH is 1. The number of rotatable bonds is 11. The van der Waals surface area contributed by atoms with Gasteiger partial charge in [-0.1, -0.05) is 44.2 Å². The minimum Gasteiger partial charge on any atom is -0.481 e. The second-order valence-electron chi connectivity index (χ2n) is 13.4. The van der Waals surface area contributed by atoms with Gasteiger partial charge in [0.15, 0.2) is 0 Å². The molecule has 1 aromatic rings. The van der Waals surface area contributed by atoms with Crippen molar-refractivity contribution in [3.63, 3.8) is 0 Å². The van der Waals surface area contributed by atoms with Crippen molar-refractivity contribution in [2.24, 2.45) is 11.7 Å². The number of carbonyl (C=O) groups excluding carboxylic acids is 6. The van der Waals surface area contributed by atoms with Gasteiger partial charge < -0.3 is 47.4 Å². The fourth-order valence-corrected chi connectivity index (χ4v) is 6.13. The topological polar surface area (TPSA) is 249 Å². The number of nitrogens with two attached hydrogens (primary N) is 1. The van der Waals surface area contributed by atoms with E-state index in [1.165, 1.54) is 11.8 Å². The summed E-state index contributed by atoms with van der Waals surface area (Å²) >= 11 is 0. The Labute approximate surface area is 291 Å². The molecule has 6 amide bonds. The molecule has 0 unspecified atom stereocenters. The Morgan fingerprint density at radius 3 is 2.04 bits per heavy atom. The van der Waals surface area contributed by atoms with Gasteiger partial charge in [0.1, 0.15) is 36.3 Å². The molecule has 2 aliphatic heterocycles. The highest BCUT2D eigenvalue weighted by Gasteiger charge is 2.41. The minimum atomic E-state index is -1.70. The summed E-state index contributed by atoms with van der Waals surface area (Å²) in [6.45, 7) is 5.37. The van der Waals surface area contributed by atoms with Crippen LogP contribution >= 0.6 is 0 Å². The fraction of sp³-hybridized carbons (Fsp3) is 0.618. The highest BCUT2D eigenvalue weighted by molar-refractivity contribution is 5.99. The Balaban J connectivity index is 2.09. The van der Waals surface area contributed by atoms with Gasteiger partial charge in [-0.25, -0.2) is 0 Å². The van der Waals surface area contributed by atoms with Crippen LogP contribution in [0, 0.1) is 5.92 Å². The largest absolute Gasteiger partial charge is 0.481 e. The fourth-order valence-electron chi connectivity index (χ4n) is 6.13. The van der Waals surface area contributed by atoms with E-state index in [-0.39, 0.29) is 31.7 Å². The average molecular weight is 702 g/mol. The third-order valence-electron chi connectivity index (χ3n) is 8.73. The van der Waals surface area contributed by atoms with Gasteiger partial charge in [0.05, 0.1) is 12.5 Å². The molecule has 0 bridgehead atoms. The molecule has 9 N–H and O–H groups in total. The highest BCUT2D eigenvalue weighted by Crippen LogP contribution is 2.21. The average Bonchev–Trinajstić information content (AvgIpc) is 3.55. The first-order valence-corrected chi connectivity index (χ1v) is 17.2. The molecule has 1 aromatic carbocycles. The van der Waals surface area contributed by atoms with Crippen molar-refractivity contribution in [2.45, 2.75) is 114 Å². The number of hydrogen-bond acceptors (Lipinski definition) is 9. The third kappa shape index (κ3) is 11.5. The predicted octanol–water partition coefficient (Wildman–Crippen LogP) is -1.31. The van der Waals surface area contributed by atoms with Crippen LogP contribution in [0.4, 0.5) is 0 Å². The molecule has 16 heteroatoms. The van der Waals surface area contributed by atoms with Crippen LogP contribution < -0.4 is 32.3 Å². The van der Waals surface area contributed by atoms with Gasteiger partial charge in [-0.05, 0) is 63.5 Å². The van der Waals surface area contributed by atoms with Gasteiger partial charge in [0.2, 0.25) is 35.4 Å². The zero-order valence-electron chi connectivity index (χ0n) is 28.9. The molecule has 2 aliphatic rings. The number of benzene rings is 1. The zero-order valence-corrected chi connectivity index (χ0v) is 28.9. The molecule has 2 fully saturated rings. The van der Waals surface area contributed by atoms with Crippen molar-refractivity contribution in [2.75, 3.05) is 13.1 Å². The summed E-state index contributed by atoms with van der Waals surface area (Å²) in [5.41, 5.74) is 6.37. The molecule has 16 nitrogen and oxygen atoms in total. The van der Waals surface area contributed by atoms with Crippen molar-refractivity contribution in [1.29, 1.82) is 0 Å². The maximum atomic E-state index is 14.0. The number of carboxylic acid groups (broad SMARTS) is 1. The molecule has 276 valence electrons. The normalized spacial score (nSPS) is 26.5. The molecule has 0 saturated carbocycles. The summed E-state index contributed by atoms with van der Waals surface area (Å²) in [4.78, 5) is 95.5. The Morgan fingerprint density at radius 2 is 1.42 bits per heavy atom. The monoisotopic (exact) mass is 701 g/mol. The van der Waals surface area contributed by atoms with E-state index in [4.69, 9.17) is 5.73 Å². The van der Waals surface area contributed by atoms with Crippen molar-refractivity contribution in [3.05, 3.63) is 35.9 Å². The van der Waals surface area contributed by atoms with Gasteiger partial charge in [-0.15, -0.1) is 0 Å². The van der Waals surface area contributed by atoms with E-state index in [1.54, 1.807) is 44.2 Å². The first kappa shape index (κ1) is 39.9. The van der Waals surface area contributed by atoms with Gasteiger partial charge in [0, 0.05) is 13.0 Å². The molecule has 50 heavy (non-hydrogen) atoms. The number of aliphatic carboxylic acids is 1. The lowest BCUT2D eigenvalue weighted by molar-refractivity contribution is -0.144. The van der Waals surface area contributed by atoms with E-state index >= 15 is 0 Å². The summed E-state index contributed by atoms with van der Waals surface area (Å²) in [5.74, 6) is -6.26. The summed E-state index contributed by atoms with van der Waals surface area (Å²) in [6.07, 6.45) is -0.327. The van der Waals surface area contributed by atoms with Gasteiger partial charge >= 0.3 is 5.97 Å². The first-order valence-electron chi connectivity index (χ1n) is 17.2. The van der Waals surface area contributed by atoms with Crippen LogP contribution in [0.3, 0.4) is 0 Å². The maximum absolute atomic E-state index is 14.0. The van der Waals surface area contributed by atoms with E-state index < -0.39 is 90.2 Å². The molecule has 7 atom stereocenters. The SMILES string of the molecule is CC(C)C[C@@H]1NC(=O)[C@@H](Cc2ccccc2)NC(=O)[C@H]2CCCN2C(=O)[C@@H](CCCCN)NC(=O)[C@H]([C@@H](C)O)NC(=O)[C@@H](CC(=O)O)NC1=O. The van der Waals surface area contributed by atoms with Crippen LogP contribution in [0.15, 0.2) is 30.3 Å². The van der Waals surface area contributed by atoms with Crippen LogP contribution in [0.5, 0.6) is 0 Å². The predicted molar refractivity (Wildman–Crippen MR) is 181 cm³/mol. The van der Waals surface area contributed by atoms with Crippen LogP contribution in [-0.4, -0.2) is 112 Å². The molecule has 0 aliphatic carbocycles. The van der Waals surface area contributed by atoms with Crippen LogP contribution in [-0.2, 0) is 40.0 Å². The number of hydrogen-bond donors (Lipinski definition) is 8. The Kier molecular flexibility index (Phi) is 15.1. The van der Waals surface area contributed by atoms with E-state index in [2.05, 4.69) is 26.6 Å². The number of nitrogens with zero attached hydrogens (tertiary/aromatic N) is 1. The standard InChI is InChI=1S/C34H51N7O9/c1-19(2)16-23-29(45)38-25(18-27(43)44)31(47)40-28(20(3)42)33(49)36-22(12-7-8-14-35)34(50)41-15-9-13-26(41)32(48)39-24(30(46)37-23)17-21-10-5-4-6-11-21/h4-6,10-11,19-20,22-26,28,42H,7-9,12-18,35H2,1-3H3,(H,36,49)(H,37,46)(H,38,45)(H,39,48)(H,40,47)(H,43,44)/t20-,22-,23+,24-,25-,26-,28+/m1/s1. The van der Waals surface area contributed by atoms with E-state index in [9.17, 15) is 43.8 Å². The lowest BCUT2D eigenvalue weighted by atomic mass is 10.00. The molecular weight excluding hydrogens is 650 g/mol. The second kappa shape index (κ2) is 19.0. The van der Waals surface area contributed by atoms with Crippen LogP contribution in [0.1, 0.15) is 71.3 Å². The Morgan fingerprint density at radius 1 is 0.820 bits per heavy atom. The summed E-state index contributed by atoms with van der Waals surface area (Å²) in [7, 11) is 0. The molecule has 0 radical (unpaired) electrons. The smallest absolute Gasteiger partial charge is 0.305 e. The van der Waals surface area contributed by atoms with Gasteiger partial charge in [-0.3, -0.25) is 33.6 Å². The molecule has 3 rings (SSSR count). The van der Waals surface area contributed by atoms with E-state index in [0.717, 1.165) is 0 Å². The van der Waals surface area contributed by atoms with Gasteiger partial charge in [0.25, 0.3) is 0 Å². The van der Waals surface area contributed by atoms with Crippen LogP contribution in [0.2, 0.25) is 0 Å². The van der Waals surface area contributed by atoms with Crippen LogP contribution in [0.25, 0.3) is 0 Å². The maximum Gasteiger partial charge on any atom is 0.305 e. The Bertz CT molecular complexity index is 1370. The number of unbranched alkanes of at least 4 members (excludes halogenated alkanes) is 1. The number of aliphatic hydroxyl groups is 1. The second-order valence-corrected chi connectivity index (χ2v) is 13.4. The quantitative estimate of drug-likeness (QED) is 0.127. The number of carbonyl (C=O) groups is 7. The summed E-state index contributed by atoms with van der Waals surface area (Å²) < 4.78 is 0. The summed E-state index contributed by atoms with van der Waals surface area (Å²) in [6, 6.07) is 1.03. The number of nitrogens with one attached hydrogen (secondary N) is 5. The Hall–Kier alpha value is -4.57. The lowest BCUT2D eigenvalue weighted by Gasteiger charge is -2.32. The third-order valence-corrected chi connectivity index (χ3v) is 8.73. The molecule has 2 heterocycles. The zero-order chi connectivity index (χ0) is 37.0. The summed E-state index contributed by atoms with van der Waals surface area (Å²) in [5, 5.41) is 32.9. The highest BCUT2D eigenvalue weighted by atomic mass is 16.4. The lowest BCUT2D eigenvalue weighted by Crippen LogP contribution is -2.63. The van der Waals surface area contributed by atoms with Gasteiger partial charge in [-0.2, -0.15) is 0 Å².